The third-order valence-electron chi connectivity index (χ3n) is 15.3. The van der Waals surface area contributed by atoms with Crippen molar-refractivity contribution in [2.45, 2.75) is 51.5 Å². The minimum Gasteiger partial charge on any atom is -0.458 e. The minimum absolute atomic E-state index is 0.00456. The second-order valence-electron chi connectivity index (χ2n) is 20.8. The zero-order chi connectivity index (χ0) is 64.3. The fraction of sp³-hybridized carbons (Fsp3) is 0.176. The molecule has 20 nitrogen and oxygen atoms in total. The van der Waals surface area contributed by atoms with E-state index < -0.39 is 58.7 Å². The largest absolute Gasteiger partial charge is 0.458 e. The summed E-state index contributed by atoms with van der Waals surface area (Å²) in [6.45, 7) is 2.39. The molecule has 6 heterocycles. The number of allylic oxidation sites excluding steroid dienone is 6. The molecule has 92 heavy (non-hydrogen) atoms. The summed E-state index contributed by atoms with van der Waals surface area (Å²) < 4.78 is 38.0. The van der Waals surface area contributed by atoms with Gasteiger partial charge < -0.3 is 28.4 Å². The molecule has 454 valence electrons. The summed E-state index contributed by atoms with van der Waals surface area (Å²) in [5, 5.41) is 39.6. The highest BCUT2D eigenvalue weighted by Gasteiger charge is 2.63. The number of hydrogen-bond acceptors (Lipinski definition) is 22. The topological polar surface area (TPSA) is 284 Å². The molecule has 0 radical (unpaired) electrons. The van der Waals surface area contributed by atoms with Crippen LogP contribution in [0.3, 0.4) is 0 Å². The van der Waals surface area contributed by atoms with E-state index >= 15 is 19.2 Å². The highest BCUT2D eigenvalue weighted by molar-refractivity contribution is 8.20. The van der Waals surface area contributed by atoms with Crippen molar-refractivity contribution >= 4 is 113 Å². The van der Waals surface area contributed by atoms with Gasteiger partial charge in [-0.2, -0.15) is 21.0 Å². The molecular weight excluding hydrogens is 1250 g/mol. The highest BCUT2D eigenvalue weighted by Crippen LogP contribution is 2.59. The van der Waals surface area contributed by atoms with Crippen LogP contribution in [0.15, 0.2) is 200 Å². The van der Waals surface area contributed by atoms with Crippen LogP contribution in [0.5, 0.6) is 11.5 Å². The van der Waals surface area contributed by atoms with Crippen molar-refractivity contribution in [3.8, 4) is 35.8 Å². The summed E-state index contributed by atoms with van der Waals surface area (Å²) >= 11 is 3.75. The second-order valence-corrected chi connectivity index (χ2v) is 24.8. The van der Waals surface area contributed by atoms with E-state index in [0.717, 1.165) is 46.2 Å². The first-order chi connectivity index (χ1) is 44.7. The Bertz CT molecular complexity index is 4110. The van der Waals surface area contributed by atoms with Crippen molar-refractivity contribution in [1.29, 1.82) is 21.0 Å². The molecule has 2 amide bonds. The lowest BCUT2D eigenvalue weighted by molar-refractivity contribution is -0.179. The molecule has 24 heteroatoms. The number of hydrogen-bond donors (Lipinski definition) is 0. The average Bonchev–Trinajstić information content (AvgIpc) is 1.14. The summed E-state index contributed by atoms with van der Waals surface area (Å²) in [5.74, 6) is -7.56. The molecule has 2 aliphatic carbocycles. The van der Waals surface area contributed by atoms with Gasteiger partial charge in [-0.05, 0) is 59.6 Å². The van der Waals surface area contributed by atoms with Crippen LogP contribution in [0.1, 0.15) is 45.9 Å². The van der Waals surface area contributed by atoms with Crippen LogP contribution in [0.25, 0.3) is 11.1 Å². The Morgan fingerprint density at radius 1 is 0.489 bits per heavy atom. The predicted molar refractivity (Wildman–Crippen MR) is 340 cm³/mol. The van der Waals surface area contributed by atoms with E-state index in [1.807, 2.05) is 24.3 Å². The number of nitrogens with zero attached hydrogens (tertiary/aromatic N) is 8. The summed E-state index contributed by atoms with van der Waals surface area (Å²) in [6.07, 6.45) is 6.83. The lowest BCUT2D eigenvalue weighted by Gasteiger charge is -2.42. The molecular formula is C68H46N8O12S4. The van der Waals surface area contributed by atoms with Gasteiger partial charge in [0.2, 0.25) is 0 Å². The predicted octanol–water partition coefficient (Wildman–Crippen LogP) is 11.4. The van der Waals surface area contributed by atoms with Gasteiger partial charge in [-0.15, -0.1) is 22.7 Å². The number of esters is 4. The lowest BCUT2D eigenvalue weighted by atomic mass is 9.68. The van der Waals surface area contributed by atoms with E-state index in [0.29, 0.717) is 32.0 Å². The average molecular weight is 1300 g/mol. The first-order valence-electron chi connectivity index (χ1n) is 28.4. The Morgan fingerprint density at radius 2 is 0.793 bits per heavy atom. The van der Waals surface area contributed by atoms with Crippen LogP contribution in [-0.2, 0) is 74.1 Å². The van der Waals surface area contributed by atoms with Gasteiger partial charge in [0.05, 0.1) is 9.75 Å². The van der Waals surface area contributed by atoms with E-state index in [1.165, 1.54) is 21.9 Å². The van der Waals surface area contributed by atoms with Crippen molar-refractivity contribution in [1.82, 2.24) is 9.80 Å². The molecule has 0 saturated carbocycles. The molecule has 6 aliphatic rings. The Kier molecular flexibility index (Phi) is 17.3. The van der Waals surface area contributed by atoms with Gasteiger partial charge in [-0.3, -0.25) is 19.4 Å². The summed E-state index contributed by atoms with van der Waals surface area (Å²) in [7, 11) is 0. The highest BCUT2D eigenvalue weighted by atomic mass is 32.2. The van der Waals surface area contributed by atoms with E-state index in [9.17, 15) is 30.6 Å². The van der Waals surface area contributed by atoms with E-state index in [-0.39, 0.29) is 115 Å². The van der Waals surface area contributed by atoms with Gasteiger partial charge in [-0.1, -0.05) is 146 Å². The Balaban J connectivity index is 1.06. The first-order valence-corrected chi connectivity index (χ1v) is 31.7. The summed E-state index contributed by atoms with van der Waals surface area (Å²) in [4.78, 5) is 103. The van der Waals surface area contributed by atoms with Crippen molar-refractivity contribution in [3.05, 3.63) is 222 Å². The Hall–Kier alpha value is -10.9. The second kappa shape index (κ2) is 25.9. The van der Waals surface area contributed by atoms with Crippen LogP contribution in [0, 0.1) is 57.2 Å². The lowest BCUT2D eigenvalue weighted by Crippen LogP contribution is -2.58. The Labute approximate surface area is 542 Å². The van der Waals surface area contributed by atoms with Crippen LogP contribution in [-0.4, -0.2) is 79.9 Å². The standard InChI is InChI=1S/C68H46N8O12S4/c1-3-75-59(77)57(91-61(75)45(31-69)32-70)73-53-29-51-55(89-53)47-25-43-28-50-48(26-44(43)27-49(47)67(87-51,63(79)83-35-39-17-9-5-10-18-39)64(80)84-36-40-19-11-6-12-20-40)56-52(30-54(90-56)74-58-60(78)76(4-2)62(92-58)46(33-71)34-72)88-68(50,65(81)85-37-41-21-13-7-14-22-41)66(82)86-38-42-23-15-8-16-24-42/h5-30,43-44H,3-4,35-38H2,1-2H3/b73-57-,74-58-. The molecule has 4 aliphatic heterocycles. The van der Waals surface area contributed by atoms with E-state index in [2.05, 4.69) is 0 Å². The quantitative estimate of drug-likeness (QED) is 0.0376. The van der Waals surface area contributed by atoms with Crippen LogP contribution in [0.2, 0.25) is 0 Å². The molecule has 2 saturated heterocycles. The van der Waals surface area contributed by atoms with Crippen molar-refractivity contribution in [3.63, 3.8) is 0 Å². The van der Waals surface area contributed by atoms with Gasteiger partial charge >= 0.3 is 35.1 Å². The number of nitriles is 4. The number of carbonyl (C=O) groups excluding carboxylic acids is 6. The third kappa shape index (κ3) is 11.3. The smallest absolute Gasteiger partial charge is 0.367 e. The Morgan fingerprint density at radius 3 is 1.08 bits per heavy atom. The molecule has 0 bridgehead atoms. The molecule has 0 spiro atoms. The van der Waals surface area contributed by atoms with E-state index in [1.54, 1.807) is 159 Å². The number of thiophene rings is 2. The number of carbonyl (C=O) groups is 6. The molecule has 4 aromatic carbocycles. The van der Waals surface area contributed by atoms with Gasteiger partial charge in [0.15, 0.2) is 21.2 Å². The fourth-order valence-corrected chi connectivity index (χ4v) is 15.1. The number of thioether (sulfide) groups is 2. The zero-order valence-electron chi connectivity index (χ0n) is 48.5. The molecule has 12 rings (SSSR count). The summed E-state index contributed by atoms with van der Waals surface area (Å²) in [5.41, 5.74) is -3.19. The van der Waals surface area contributed by atoms with Crippen LogP contribution < -0.4 is 9.47 Å². The number of amides is 2. The van der Waals surface area contributed by atoms with Crippen molar-refractivity contribution < 1.29 is 57.2 Å². The van der Waals surface area contributed by atoms with Crippen molar-refractivity contribution in [2.75, 3.05) is 13.1 Å². The van der Waals surface area contributed by atoms with Gasteiger partial charge in [0.1, 0.15) is 82.3 Å². The number of ether oxygens (including phenoxy) is 6. The zero-order valence-corrected chi connectivity index (χ0v) is 51.8. The molecule has 2 aromatic heterocycles. The molecule has 2 unspecified atom stereocenters. The van der Waals surface area contributed by atoms with Gasteiger partial charge in [0, 0.05) is 59.4 Å². The maximum atomic E-state index is 15.5. The maximum absolute atomic E-state index is 15.5. The maximum Gasteiger partial charge on any atom is 0.367 e. The number of rotatable bonds is 16. The normalized spacial score (nSPS) is 18.6. The van der Waals surface area contributed by atoms with Crippen molar-refractivity contribution in [2.24, 2.45) is 21.8 Å². The molecule has 6 aromatic rings. The fourth-order valence-electron chi connectivity index (χ4n) is 10.9. The monoisotopic (exact) mass is 1290 g/mol. The van der Waals surface area contributed by atoms with Crippen LogP contribution in [0.4, 0.5) is 10.0 Å². The minimum atomic E-state index is -2.72. The number of aliphatic imine (C=N–C) groups is 2. The SMILES string of the molecule is CCN1C(=O)/C(=N/c2cc3c(s2)C2=CC4C=C5C(=CC4C=C2C(C(=O)OCc2ccccc2)(C(=O)OCc2ccccc2)O3)c2sc(/N=C3\SC(=C(C#N)C#N)N(CC)C3=O)cc2OC5(C(=O)OCc2ccccc2)C(=O)OCc2ccccc2)SC1=C(C#N)C#N. The van der Waals surface area contributed by atoms with E-state index in [4.69, 9.17) is 38.4 Å². The number of fused-ring (bicyclic) bond motifs is 7. The molecule has 2 fully saturated rings. The number of benzene rings is 4. The van der Waals surface area contributed by atoms with Gasteiger partial charge in [0.25, 0.3) is 11.8 Å². The van der Waals surface area contributed by atoms with Gasteiger partial charge in [-0.25, -0.2) is 29.2 Å². The molecule has 2 atom stereocenters. The third-order valence-corrected chi connectivity index (χ3v) is 19.5. The molecule has 0 N–H and O–H groups in total. The first kappa shape index (κ1) is 61.4. The summed E-state index contributed by atoms with van der Waals surface area (Å²) in [6, 6.07) is 45.4. The van der Waals surface area contributed by atoms with Crippen LogP contribution >= 0.6 is 46.2 Å².